The number of rotatable bonds is 0. The summed E-state index contributed by atoms with van der Waals surface area (Å²) in [5, 5.41) is 0. The van der Waals surface area contributed by atoms with Crippen LogP contribution in [0.5, 0.6) is 0 Å². The van der Waals surface area contributed by atoms with Gasteiger partial charge in [0.25, 0.3) is 0 Å². The maximum atomic E-state index is 11.3. The Morgan fingerprint density at radius 2 is 2.25 bits per heavy atom. The van der Waals surface area contributed by atoms with Crippen LogP contribution in [0.3, 0.4) is 0 Å². The van der Waals surface area contributed by atoms with Crippen molar-refractivity contribution < 1.29 is 4.79 Å². The maximum absolute atomic E-state index is 11.3. The molecule has 2 rings (SSSR count). The quantitative estimate of drug-likeness (QED) is 0.535. The maximum Gasteiger partial charge on any atom is 0.159 e. The molecule has 12 heavy (non-hydrogen) atoms. The molecule has 0 aromatic heterocycles. The van der Waals surface area contributed by atoms with Crippen molar-refractivity contribution in [3.63, 3.8) is 0 Å². The van der Waals surface area contributed by atoms with Crippen LogP contribution < -0.4 is 0 Å². The smallest absolute Gasteiger partial charge is 0.159 e. The van der Waals surface area contributed by atoms with Gasteiger partial charge in [0.1, 0.15) is 0 Å². The molecule has 2 aliphatic rings. The lowest BCUT2D eigenvalue weighted by Gasteiger charge is -2.23. The van der Waals surface area contributed by atoms with E-state index in [1.807, 2.05) is 13.0 Å². The molecule has 1 heteroatoms. The molecule has 0 amide bonds. The molecule has 0 aliphatic heterocycles. The lowest BCUT2D eigenvalue weighted by Crippen LogP contribution is -2.17. The van der Waals surface area contributed by atoms with Gasteiger partial charge < -0.3 is 0 Å². The Kier molecular flexibility index (Phi) is 1.87. The van der Waals surface area contributed by atoms with Gasteiger partial charge in [-0.2, -0.15) is 0 Å². The predicted molar refractivity (Wildman–Crippen MR) is 48.8 cm³/mol. The monoisotopic (exact) mass is 162 g/mol. The molecule has 0 aromatic carbocycles. The minimum Gasteiger partial charge on any atom is -0.295 e. The molecular weight excluding hydrogens is 148 g/mol. The zero-order chi connectivity index (χ0) is 8.55. The summed E-state index contributed by atoms with van der Waals surface area (Å²) in [4.78, 5) is 11.3. The minimum atomic E-state index is 0.220. The Morgan fingerprint density at radius 3 is 3.08 bits per heavy atom. The first-order valence-corrected chi connectivity index (χ1v) is 4.71. The van der Waals surface area contributed by atoms with E-state index in [1.165, 1.54) is 24.0 Å². The van der Waals surface area contributed by atoms with Crippen LogP contribution in [0.4, 0.5) is 0 Å². The first-order chi connectivity index (χ1) is 5.77. The van der Waals surface area contributed by atoms with Gasteiger partial charge >= 0.3 is 0 Å². The van der Waals surface area contributed by atoms with E-state index in [0.717, 1.165) is 12.8 Å². The second-order valence-corrected chi connectivity index (χ2v) is 3.80. The average Bonchev–Trinajstić information content (AvgIpc) is 2.07. The number of allylic oxidation sites excluding steroid dienone is 4. The van der Waals surface area contributed by atoms with Crippen LogP contribution in [0.15, 0.2) is 23.3 Å². The normalized spacial score (nSPS) is 29.1. The van der Waals surface area contributed by atoms with Gasteiger partial charge in [-0.1, -0.05) is 13.0 Å². The predicted octanol–water partition coefficient (Wildman–Crippen LogP) is 2.63. The standard InChI is InChI=1S/C11H14O/c1-8-6-9-4-2-3-5-10(9)7-11(8)12/h4,7-8H,2-3,5-6H2,1H3. The van der Waals surface area contributed by atoms with Crippen molar-refractivity contribution >= 4 is 5.78 Å². The summed E-state index contributed by atoms with van der Waals surface area (Å²) in [5.74, 6) is 0.544. The van der Waals surface area contributed by atoms with Crippen LogP contribution in [0, 0.1) is 5.92 Å². The summed E-state index contributed by atoms with van der Waals surface area (Å²) in [6.45, 7) is 2.02. The molecule has 0 heterocycles. The molecule has 0 aromatic rings. The summed E-state index contributed by atoms with van der Waals surface area (Å²) < 4.78 is 0. The van der Waals surface area contributed by atoms with Gasteiger partial charge in [-0.3, -0.25) is 4.79 Å². The Hall–Kier alpha value is -0.850. The fourth-order valence-corrected chi connectivity index (χ4v) is 1.98. The fourth-order valence-electron chi connectivity index (χ4n) is 1.98. The highest BCUT2D eigenvalue weighted by atomic mass is 16.1. The Labute approximate surface area is 73.2 Å². The molecular formula is C11H14O. The van der Waals surface area contributed by atoms with Crippen LogP contribution in [0.2, 0.25) is 0 Å². The summed E-state index contributed by atoms with van der Waals surface area (Å²) in [7, 11) is 0. The number of carbonyl (C=O) groups is 1. The van der Waals surface area contributed by atoms with Crippen LogP contribution in [0.1, 0.15) is 32.6 Å². The van der Waals surface area contributed by atoms with Gasteiger partial charge in [-0.25, -0.2) is 0 Å². The number of hydrogen-bond donors (Lipinski definition) is 0. The van der Waals surface area contributed by atoms with Crippen molar-refractivity contribution in [1.82, 2.24) is 0 Å². The van der Waals surface area contributed by atoms with Gasteiger partial charge in [-0.05, 0) is 42.9 Å². The largest absolute Gasteiger partial charge is 0.295 e. The van der Waals surface area contributed by atoms with E-state index in [9.17, 15) is 4.79 Å². The topological polar surface area (TPSA) is 17.1 Å². The zero-order valence-corrected chi connectivity index (χ0v) is 7.47. The number of carbonyl (C=O) groups excluding carboxylic acids is 1. The van der Waals surface area contributed by atoms with Crippen molar-refractivity contribution in [1.29, 1.82) is 0 Å². The van der Waals surface area contributed by atoms with Gasteiger partial charge in [-0.15, -0.1) is 0 Å². The molecule has 0 saturated heterocycles. The van der Waals surface area contributed by atoms with Crippen LogP contribution >= 0.6 is 0 Å². The molecule has 1 atom stereocenters. The summed E-state index contributed by atoms with van der Waals surface area (Å²) >= 11 is 0. The lowest BCUT2D eigenvalue weighted by atomic mass is 9.81. The first-order valence-electron chi connectivity index (χ1n) is 4.71. The van der Waals surface area contributed by atoms with Gasteiger partial charge in [0.2, 0.25) is 0 Å². The van der Waals surface area contributed by atoms with E-state index in [4.69, 9.17) is 0 Å². The van der Waals surface area contributed by atoms with Crippen molar-refractivity contribution in [2.75, 3.05) is 0 Å². The van der Waals surface area contributed by atoms with Crippen molar-refractivity contribution in [2.24, 2.45) is 5.92 Å². The molecule has 0 bridgehead atoms. The Balaban J connectivity index is 2.33. The molecule has 0 saturated carbocycles. The van der Waals surface area contributed by atoms with Gasteiger partial charge in [0.15, 0.2) is 5.78 Å². The third-order valence-electron chi connectivity index (χ3n) is 2.78. The third kappa shape index (κ3) is 1.24. The number of fused-ring (bicyclic) bond motifs is 1. The summed E-state index contributed by atoms with van der Waals surface area (Å²) in [6, 6.07) is 0. The average molecular weight is 162 g/mol. The van der Waals surface area contributed by atoms with E-state index in [1.54, 1.807) is 0 Å². The number of hydrogen-bond acceptors (Lipinski definition) is 1. The molecule has 64 valence electrons. The zero-order valence-electron chi connectivity index (χ0n) is 7.47. The number of ketones is 1. The second kappa shape index (κ2) is 2.89. The molecule has 1 nitrogen and oxygen atoms in total. The van der Waals surface area contributed by atoms with E-state index in [-0.39, 0.29) is 5.92 Å². The van der Waals surface area contributed by atoms with Crippen LogP contribution in [-0.4, -0.2) is 5.78 Å². The molecule has 0 N–H and O–H groups in total. The van der Waals surface area contributed by atoms with Gasteiger partial charge in [0, 0.05) is 5.92 Å². The Morgan fingerprint density at radius 1 is 1.42 bits per heavy atom. The lowest BCUT2D eigenvalue weighted by molar-refractivity contribution is -0.118. The van der Waals surface area contributed by atoms with Crippen LogP contribution in [0.25, 0.3) is 0 Å². The Bertz CT molecular complexity index is 271. The first kappa shape index (κ1) is 7.78. The highest BCUT2D eigenvalue weighted by Crippen LogP contribution is 2.33. The molecule has 1 unspecified atom stereocenters. The molecule has 0 spiro atoms. The summed E-state index contributed by atoms with van der Waals surface area (Å²) in [6.07, 6.45) is 8.68. The third-order valence-corrected chi connectivity index (χ3v) is 2.78. The highest BCUT2D eigenvalue weighted by molar-refractivity contribution is 5.94. The van der Waals surface area contributed by atoms with Crippen molar-refractivity contribution in [3.05, 3.63) is 23.3 Å². The van der Waals surface area contributed by atoms with Crippen molar-refractivity contribution in [2.45, 2.75) is 32.6 Å². The molecule has 2 aliphatic carbocycles. The second-order valence-electron chi connectivity index (χ2n) is 3.80. The van der Waals surface area contributed by atoms with Gasteiger partial charge in [0.05, 0.1) is 0 Å². The fraction of sp³-hybridized carbons (Fsp3) is 0.545. The van der Waals surface area contributed by atoms with E-state index in [0.29, 0.717) is 5.78 Å². The van der Waals surface area contributed by atoms with E-state index < -0.39 is 0 Å². The highest BCUT2D eigenvalue weighted by Gasteiger charge is 2.22. The van der Waals surface area contributed by atoms with E-state index >= 15 is 0 Å². The van der Waals surface area contributed by atoms with Crippen molar-refractivity contribution in [3.8, 4) is 0 Å². The SMILES string of the molecule is CC1CC2=CCCCC2=CC1=O. The molecule has 0 fully saturated rings. The summed E-state index contributed by atoms with van der Waals surface area (Å²) in [5.41, 5.74) is 2.75. The van der Waals surface area contributed by atoms with E-state index in [2.05, 4.69) is 6.08 Å². The molecule has 0 radical (unpaired) electrons. The minimum absolute atomic E-state index is 0.220. The van der Waals surface area contributed by atoms with Crippen LogP contribution in [-0.2, 0) is 4.79 Å².